The summed E-state index contributed by atoms with van der Waals surface area (Å²) < 4.78 is 24.9. The monoisotopic (exact) mass is 420 g/mol. The van der Waals surface area contributed by atoms with Gasteiger partial charge in [0.15, 0.2) is 0 Å². The molecule has 29 heavy (non-hydrogen) atoms. The molecule has 156 valence electrons. The fourth-order valence-corrected chi connectivity index (χ4v) is 3.84. The molecule has 1 heterocycles. The number of carbonyl (C=O) groups is 1. The van der Waals surface area contributed by atoms with Crippen LogP contribution in [0, 0.1) is 11.2 Å². The van der Waals surface area contributed by atoms with Gasteiger partial charge in [0.25, 0.3) is 0 Å². The van der Waals surface area contributed by atoms with Crippen LogP contribution in [0.15, 0.2) is 36.5 Å². The minimum absolute atomic E-state index is 0.00665. The molecule has 7 heteroatoms. The van der Waals surface area contributed by atoms with E-state index in [0.717, 1.165) is 24.0 Å². The Labute approximate surface area is 175 Å². The zero-order valence-corrected chi connectivity index (χ0v) is 17.6. The second-order valence-electron chi connectivity index (χ2n) is 8.05. The lowest BCUT2D eigenvalue weighted by atomic mass is 9.69. The van der Waals surface area contributed by atoms with Crippen molar-refractivity contribution in [2.45, 2.75) is 45.8 Å². The van der Waals surface area contributed by atoms with E-state index in [9.17, 15) is 9.18 Å². The smallest absolute Gasteiger partial charge is 0.233 e. The number of carbonyl (C=O) groups excluding carboxylic acids is 1. The average molecular weight is 421 g/mol. The normalized spacial score (nSPS) is 21.9. The van der Waals surface area contributed by atoms with Crippen molar-refractivity contribution in [3.8, 4) is 17.0 Å². The molecule has 1 aromatic heterocycles. The number of ether oxygens (including phenoxy) is 2. The maximum Gasteiger partial charge on any atom is 0.233 e. The molecular formula is C22H26ClFN2O3. The molecule has 0 unspecified atom stereocenters. The maximum atomic E-state index is 13.2. The molecule has 1 aromatic carbocycles. The molecule has 0 radical (unpaired) electrons. The van der Waals surface area contributed by atoms with Gasteiger partial charge in [0.2, 0.25) is 11.8 Å². The van der Waals surface area contributed by atoms with Crippen LogP contribution >= 0.6 is 11.6 Å². The number of benzene rings is 1. The van der Waals surface area contributed by atoms with Gasteiger partial charge in [-0.1, -0.05) is 30.7 Å². The molecule has 0 aliphatic heterocycles. The Morgan fingerprint density at radius 3 is 2.69 bits per heavy atom. The van der Waals surface area contributed by atoms with Gasteiger partial charge in [-0.05, 0) is 43.5 Å². The van der Waals surface area contributed by atoms with E-state index in [1.165, 1.54) is 19.1 Å². The number of nitrogens with zero attached hydrogens (tertiary/aromatic N) is 1. The zero-order valence-electron chi connectivity index (χ0n) is 16.9. The lowest BCUT2D eigenvalue weighted by Gasteiger charge is -2.44. The van der Waals surface area contributed by atoms with E-state index in [0.29, 0.717) is 24.1 Å². The Balaban J connectivity index is 1.52. The minimum atomic E-state index is -0.295. The first-order valence-electron chi connectivity index (χ1n) is 9.68. The summed E-state index contributed by atoms with van der Waals surface area (Å²) in [5.41, 5.74) is 1.54. The highest BCUT2D eigenvalue weighted by molar-refractivity contribution is 6.34. The quantitative estimate of drug-likeness (QED) is 0.676. The zero-order chi connectivity index (χ0) is 21.0. The predicted octanol–water partition coefficient (Wildman–Crippen LogP) is 4.63. The fourth-order valence-electron chi connectivity index (χ4n) is 3.56. The second kappa shape index (κ2) is 9.09. The highest BCUT2D eigenvalue weighted by Crippen LogP contribution is 2.43. The van der Waals surface area contributed by atoms with Crippen LogP contribution in [0.1, 0.15) is 33.6 Å². The fraction of sp³-hybridized carbons (Fsp3) is 0.455. The molecule has 1 fully saturated rings. The van der Waals surface area contributed by atoms with Crippen LogP contribution in [0.3, 0.4) is 0 Å². The Morgan fingerprint density at radius 2 is 2.03 bits per heavy atom. The lowest BCUT2D eigenvalue weighted by molar-refractivity contribution is -0.121. The topological polar surface area (TPSA) is 60.5 Å². The van der Waals surface area contributed by atoms with Gasteiger partial charge in [0, 0.05) is 30.1 Å². The Morgan fingerprint density at radius 1 is 1.34 bits per heavy atom. The van der Waals surface area contributed by atoms with E-state index >= 15 is 0 Å². The summed E-state index contributed by atoms with van der Waals surface area (Å²) >= 11 is 6.49. The van der Waals surface area contributed by atoms with E-state index in [1.807, 2.05) is 6.92 Å². The lowest BCUT2D eigenvalue weighted by Crippen LogP contribution is -2.46. The van der Waals surface area contributed by atoms with E-state index < -0.39 is 0 Å². The third-order valence-corrected chi connectivity index (χ3v) is 5.41. The van der Waals surface area contributed by atoms with Crippen molar-refractivity contribution in [3.05, 3.63) is 47.4 Å². The minimum Gasteiger partial charge on any atom is -0.476 e. The summed E-state index contributed by atoms with van der Waals surface area (Å²) in [5, 5.41) is 3.23. The van der Waals surface area contributed by atoms with Crippen LogP contribution in [0.2, 0.25) is 5.02 Å². The molecule has 1 N–H and O–H groups in total. The maximum absolute atomic E-state index is 13.2. The molecule has 0 bridgehead atoms. The third-order valence-electron chi connectivity index (χ3n) is 5.04. The molecule has 2 aromatic rings. The van der Waals surface area contributed by atoms with Crippen molar-refractivity contribution >= 4 is 17.5 Å². The number of rotatable bonds is 8. The highest BCUT2D eigenvalue weighted by Gasteiger charge is 2.42. The molecule has 1 aliphatic carbocycles. The number of hydrogen-bond donors (Lipinski definition) is 1. The van der Waals surface area contributed by atoms with Gasteiger partial charge in [-0.15, -0.1) is 0 Å². The number of amides is 1. The van der Waals surface area contributed by atoms with Crippen molar-refractivity contribution in [2.24, 2.45) is 5.41 Å². The first-order valence-corrected chi connectivity index (χ1v) is 10.1. The number of nitrogens with one attached hydrogen (secondary N) is 1. The van der Waals surface area contributed by atoms with Crippen molar-refractivity contribution < 1.29 is 18.7 Å². The van der Waals surface area contributed by atoms with Gasteiger partial charge in [-0.2, -0.15) is 0 Å². The van der Waals surface area contributed by atoms with E-state index in [2.05, 4.69) is 17.2 Å². The molecule has 0 spiro atoms. The van der Waals surface area contributed by atoms with Gasteiger partial charge in [0.1, 0.15) is 10.8 Å². The van der Waals surface area contributed by atoms with Crippen LogP contribution in [0.5, 0.6) is 5.88 Å². The summed E-state index contributed by atoms with van der Waals surface area (Å²) in [6.07, 6.45) is 3.54. The second-order valence-corrected chi connectivity index (χ2v) is 8.43. The molecular weight excluding hydrogens is 395 g/mol. The largest absolute Gasteiger partial charge is 0.476 e. The third kappa shape index (κ3) is 5.67. The predicted molar refractivity (Wildman–Crippen MR) is 110 cm³/mol. The number of hydrogen-bond acceptors (Lipinski definition) is 4. The van der Waals surface area contributed by atoms with E-state index in [1.54, 1.807) is 24.4 Å². The average Bonchev–Trinajstić information content (AvgIpc) is 2.64. The Bertz CT molecular complexity index is 854. The van der Waals surface area contributed by atoms with E-state index in [-0.39, 0.29) is 29.3 Å². The van der Waals surface area contributed by atoms with Crippen LogP contribution < -0.4 is 10.1 Å². The van der Waals surface area contributed by atoms with Gasteiger partial charge >= 0.3 is 0 Å². The summed E-state index contributed by atoms with van der Waals surface area (Å²) in [6, 6.07) is 7.93. The van der Waals surface area contributed by atoms with E-state index in [4.69, 9.17) is 21.1 Å². The van der Waals surface area contributed by atoms with Gasteiger partial charge < -0.3 is 14.8 Å². The molecule has 5 nitrogen and oxygen atoms in total. The Hall–Kier alpha value is -2.18. The summed E-state index contributed by atoms with van der Waals surface area (Å²) in [4.78, 5) is 15.3. The Kier molecular flexibility index (Phi) is 6.75. The standard InChI is InChI=1S/C22H26ClFN2O3/c1-14(26-15(2)27)12-28-18-10-22(3,11-18)13-29-21-20(23)19(8-9-25-21)16-4-6-17(24)7-5-16/h4-9,14,18H,10-13H2,1-3H3,(H,26,27)/t14-,18?,22?/m0/s1. The summed E-state index contributed by atoms with van der Waals surface area (Å²) in [5.74, 6) is 0.0233. The summed E-state index contributed by atoms with van der Waals surface area (Å²) in [6.45, 7) is 6.53. The van der Waals surface area contributed by atoms with Crippen molar-refractivity contribution in [1.82, 2.24) is 10.3 Å². The van der Waals surface area contributed by atoms with Crippen molar-refractivity contribution in [3.63, 3.8) is 0 Å². The van der Waals surface area contributed by atoms with Crippen LogP contribution in [0.25, 0.3) is 11.1 Å². The first kappa shape index (κ1) is 21.5. The molecule has 3 rings (SSSR count). The van der Waals surface area contributed by atoms with Crippen molar-refractivity contribution in [1.29, 1.82) is 0 Å². The van der Waals surface area contributed by atoms with Crippen molar-refractivity contribution in [2.75, 3.05) is 13.2 Å². The van der Waals surface area contributed by atoms with Crippen LogP contribution in [-0.2, 0) is 9.53 Å². The molecule has 1 saturated carbocycles. The summed E-state index contributed by atoms with van der Waals surface area (Å²) in [7, 11) is 0. The van der Waals surface area contributed by atoms with Crippen LogP contribution in [-0.4, -0.2) is 36.3 Å². The molecule has 1 aliphatic rings. The molecule has 1 amide bonds. The van der Waals surface area contributed by atoms with Gasteiger partial charge in [0.05, 0.1) is 19.3 Å². The molecule has 1 atom stereocenters. The van der Waals surface area contributed by atoms with Gasteiger partial charge in [-0.25, -0.2) is 9.37 Å². The highest BCUT2D eigenvalue weighted by atomic mass is 35.5. The number of pyridine rings is 1. The van der Waals surface area contributed by atoms with Gasteiger partial charge in [-0.3, -0.25) is 4.79 Å². The van der Waals surface area contributed by atoms with Crippen LogP contribution in [0.4, 0.5) is 4.39 Å². The number of aromatic nitrogens is 1. The number of halogens is 2. The first-order chi connectivity index (χ1) is 13.8. The molecule has 0 saturated heterocycles. The SMILES string of the molecule is CC(=O)N[C@@H](C)COC1CC(C)(COc2nccc(-c3ccc(F)cc3)c2Cl)C1.